The summed E-state index contributed by atoms with van der Waals surface area (Å²) < 4.78 is 10.3. The maximum Gasteiger partial charge on any atom is 0.334 e. The largest absolute Gasteiger partial charge is 0.496 e. The van der Waals surface area contributed by atoms with Crippen molar-refractivity contribution in [2.45, 2.75) is 39.5 Å². The van der Waals surface area contributed by atoms with E-state index in [1.165, 1.54) is 6.08 Å². The summed E-state index contributed by atoms with van der Waals surface area (Å²) in [6.45, 7) is 5.17. The zero-order valence-corrected chi connectivity index (χ0v) is 10.9. The van der Waals surface area contributed by atoms with E-state index < -0.39 is 0 Å². The Hall–Kier alpha value is -0.700. The standard InChI is InChI=1S/C12H21ClO3/c1-3-5-7-15-11(10-13)9-12(14)16-8-6-4-2/h9H,3-8,10H2,1-2H3/b11-9+. The first-order chi connectivity index (χ1) is 7.74. The highest BCUT2D eigenvalue weighted by Gasteiger charge is 2.03. The normalized spacial score (nSPS) is 11.3. The van der Waals surface area contributed by atoms with Gasteiger partial charge in [0.15, 0.2) is 0 Å². The van der Waals surface area contributed by atoms with Gasteiger partial charge in [-0.15, -0.1) is 11.6 Å². The summed E-state index contributed by atoms with van der Waals surface area (Å²) in [6.07, 6.45) is 5.23. The third kappa shape index (κ3) is 8.60. The van der Waals surface area contributed by atoms with E-state index in [9.17, 15) is 4.79 Å². The number of carbonyl (C=O) groups excluding carboxylic acids is 1. The van der Waals surface area contributed by atoms with E-state index in [0.29, 0.717) is 19.0 Å². The molecule has 0 aliphatic rings. The zero-order chi connectivity index (χ0) is 12.2. The Balaban J connectivity index is 3.87. The van der Waals surface area contributed by atoms with Gasteiger partial charge in [0.25, 0.3) is 0 Å². The summed E-state index contributed by atoms with van der Waals surface area (Å²) in [4.78, 5) is 11.3. The van der Waals surface area contributed by atoms with E-state index in [4.69, 9.17) is 21.1 Å². The lowest BCUT2D eigenvalue weighted by Gasteiger charge is -2.07. The highest BCUT2D eigenvalue weighted by molar-refractivity contribution is 6.19. The molecule has 0 amide bonds. The summed E-state index contributed by atoms with van der Waals surface area (Å²) in [5, 5.41) is 0. The first-order valence-electron chi connectivity index (χ1n) is 5.80. The van der Waals surface area contributed by atoms with Crippen molar-refractivity contribution in [2.75, 3.05) is 19.1 Å². The molecule has 0 heterocycles. The Kier molecular flexibility index (Phi) is 10.3. The topological polar surface area (TPSA) is 35.5 Å². The smallest absolute Gasteiger partial charge is 0.334 e. The lowest BCUT2D eigenvalue weighted by molar-refractivity contribution is -0.138. The molecule has 0 aromatic heterocycles. The molecule has 4 heteroatoms. The quantitative estimate of drug-likeness (QED) is 0.207. The fraction of sp³-hybridized carbons (Fsp3) is 0.750. The minimum absolute atomic E-state index is 0.201. The average molecular weight is 249 g/mol. The molecule has 16 heavy (non-hydrogen) atoms. The monoisotopic (exact) mass is 248 g/mol. The van der Waals surface area contributed by atoms with E-state index >= 15 is 0 Å². The number of halogens is 1. The number of allylic oxidation sites excluding steroid dienone is 1. The molecule has 0 N–H and O–H groups in total. The Bertz CT molecular complexity index is 214. The molecule has 0 fully saturated rings. The van der Waals surface area contributed by atoms with Crippen LogP contribution in [0.5, 0.6) is 0 Å². The SMILES string of the molecule is CCCCOC(=O)/C=C(\CCl)OCCCC. The van der Waals surface area contributed by atoms with Crippen LogP contribution in [0.3, 0.4) is 0 Å². The predicted molar refractivity (Wildman–Crippen MR) is 65.5 cm³/mol. The van der Waals surface area contributed by atoms with Crippen LogP contribution in [-0.2, 0) is 14.3 Å². The average Bonchev–Trinajstić information content (AvgIpc) is 2.28. The molecular formula is C12H21ClO3. The number of hydrogen-bond donors (Lipinski definition) is 0. The van der Waals surface area contributed by atoms with Crippen LogP contribution in [0.2, 0.25) is 0 Å². The zero-order valence-electron chi connectivity index (χ0n) is 10.1. The highest BCUT2D eigenvalue weighted by Crippen LogP contribution is 2.03. The maximum absolute atomic E-state index is 11.3. The van der Waals surface area contributed by atoms with Gasteiger partial charge in [-0.3, -0.25) is 0 Å². The maximum atomic E-state index is 11.3. The molecule has 0 unspecified atom stereocenters. The van der Waals surface area contributed by atoms with E-state index in [1.807, 2.05) is 6.92 Å². The van der Waals surface area contributed by atoms with Gasteiger partial charge in [0.05, 0.1) is 25.2 Å². The van der Waals surface area contributed by atoms with Gasteiger partial charge in [0.2, 0.25) is 0 Å². The Labute approximate surface area is 103 Å². The first-order valence-corrected chi connectivity index (χ1v) is 6.34. The van der Waals surface area contributed by atoms with Gasteiger partial charge < -0.3 is 9.47 Å². The molecular weight excluding hydrogens is 228 g/mol. The molecule has 0 rings (SSSR count). The van der Waals surface area contributed by atoms with Gasteiger partial charge in [0.1, 0.15) is 5.76 Å². The minimum atomic E-state index is -0.374. The molecule has 0 radical (unpaired) electrons. The Morgan fingerprint density at radius 1 is 1.12 bits per heavy atom. The second-order valence-corrected chi connectivity index (χ2v) is 3.73. The lowest BCUT2D eigenvalue weighted by atomic mass is 10.3. The van der Waals surface area contributed by atoms with Crippen LogP contribution in [0.4, 0.5) is 0 Å². The molecule has 0 saturated heterocycles. The molecule has 0 saturated carbocycles. The third-order valence-corrected chi connectivity index (χ3v) is 2.20. The second kappa shape index (κ2) is 10.8. The van der Waals surface area contributed by atoms with Crippen molar-refractivity contribution in [3.8, 4) is 0 Å². The van der Waals surface area contributed by atoms with Gasteiger partial charge >= 0.3 is 5.97 Å². The number of alkyl halides is 1. The number of rotatable bonds is 9. The van der Waals surface area contributed by atoms with Crippen molar-refractivity contribution in [1.82, 2.24) is 0 Å². The van der Waals surface area contributed by atoms with Crippen LogP contribution in [0.1, 0.15) is 39.5 Å². The molecule has 0 aromatic rings. The molecule has 0 bridgehead atoms. The minimum Gasteiger partial charge on any atom is -0.496 e. The van der Waals surface area contributed by atoms with Gasteiger partial charge in [-0.1, -0.05) is 26.7 Å². The Morgan fingerprint density at radius 3 is 2.19 bits per heavy atom. The van der Waals surface area contributed by atoms with Crippen LogP contribution < -0.4 is 0 Å². The van der Waals surface area contributed by atoms with E-state index in [0.717, 1.165) is 25.7 Å². The van der Waals surface area contributed by atoms with Crippen LogP contribution >= 0.6 is 11.6 Å². The molecule has 0 aliphatic heterocycles. The van der Waals surface area contributed by atoms with Crippen LogP contribution in [0.25, 0.3) is 0 Å². The lowest BCUT2D eigenvalue weighted by Crippen LogP contribution is -2.06. The van der Waals surface area contributed by atoms with Crippen LogP contribution in [0, 0.1) is 0 Å². The first kappa shape index (κ1) is 15.3. The summed E-state index contributed by atoms with van der Waals surface area (Å²) in [6, 6.07) is 0. The number of ether oxygens (including phenoxy) is 2. The second-order valence-electron chi connectivity index (χ2n) is 3.47. The van der Waals surface area contributed by atoms with E-state index in [1.54, 1.807) is 0 Å². The summed E-state index contributed by atoms with van der Waals surface area (Å²) in [5.74, 6) is 0.310. The molecule has 3 nitrogen and oxygen atoms in total. The van der Waals surface area contributed by atoms with E-state index in [2.05, 4.69) is 6.92 Å². The van der Waals surface area contributed by atoms with Crippen molar-refractivity contribution in [3.05, 3.63) is 11.8 Å². The van der Waals surface area contributed by atoms with Gasteiger partial charge in [-0.2, -0.15) is 0 Å². The van der Waals surface area contributed by atoms with Crippen molar-refractivity contribution in [1.29, 1.82) is 0 Å². The van der Waals surface area contributed by atoms with Crippen LogP contribution in [0.15, 0.2) is 11.8 Å². The molecule has 0 aromatic carbocycles. The van der Waals surface area contributed by atoms with Crippen molar-refractivity contribution >= 4 is 17.6 Å². The summed E-state index contributed by atoms with van der Waals surface area (Å²) >= 11 is 5.65. The van der Waals surface area contributed by atoms with Crippen LogP contribution in [-0.4, -0.2) is 25.1 Å². The highest BCUT2D eigenvalue weighted by atomic mass is 35.5. The summed E-state index contributed by atoms with van der Waals surface area (Å²) in [5.41, 5.74) is 0. The van der Waals surface area contributed by atoms with E-state index in [-0.39, 0.29) is 11.8 Å². The van der Waals surface area contributed by atoms with Gasteiger partial charge in [-0.05, 0) is 12.8 Å². The third-order valence-electron chi connectivity index (χ3n) is 1.94. The summed E-state index contributed by atoms with van der Waals surface area (Å²) in [7, 11) is 0. The van der Waals surface area contributed by atoms with Crippen molar-refractivity contribution in [3.63, 3.8) is 0 Å². The number of carbonyl (C=O) groups is 1. The molecule has 94 valence electrons. The fourth-order valence-electron chi connectivity index (χ4n) is 0.957. The number of esters is 1. The molecule has 0 spiro atoms. The van der Waals surface area contributed by atoms with Gasteiger partial charge in [0, 0.05) is 0 Å². The predicted octanol–water partition coefficient (Wildman–Crippen LogP) is 3.27. The van der Waals surface area contributed by atoms with Gasteiger partial charge in [-0.25, -0.2) is 4.79 Å². The molecule has 0 aliphatic carbocycles. The number of hydrogen-bond acceptors (Lipinski definition) is 3. The Morgan fingerprint density at radius 2 is 1.69 bits per heavy atom. The van der Waals surface area contributed by atoms with Crippen molar-refractivity contribution < 1.29 is 14.3 Å². The molecule has 0 atom stereocenters. The van der Waals surface area contributed by atoms with Crippen molar-refractivity contribution in [2.24, 2.45) is 0 Å². The number of unbranched alkanes of at least 4 members (excludes halogenated alkanes) is 2. The fourth-order valence-corrected chi connectivity index (χ4v) is 1.11.